The molecule has 1 heterocycles. The van der Waals surface area contributed by atoms with Crippen LogP contribution in [-0.2, 0) is 11.8 Å². The SMILES string of the molecule is CNC(C)Cc1noc(-c2ccc(C(C)(C)C)c([N+](=O)[O-])c2)n1. The lowest BCUT2D eigenvalue weighted by atomic mass is 9.85. The van der Waals surface area contributed by atoms with Gasteiger partial charge in [0, 0.05) is 29.7 Å². The first-order valence-electron chi connectivity index (χ1n) is 7.51. The van der Waals surface area contributed by atoms with Gasteiger partial charge in [-0.25, -0.2) is 0 Å². The van der Waals surface area contributed by atoms with Gasteiger partial charge in [0.05, 0.1) is 4.92 Å². The van der Waals surface area contributed by atoms with Crippen LogP contribution in [0.3, 0.4) is 0 Å². The van der Waals surface area contributed by atoms with Crippen molar-refractivity contribution in [3.8, 4) is 11.5 Å². The van der Waals surface area contributed by atoms with E-state index >= 15 is 0 Å². The van der Waals surface area contributed by atoms with E-state index in [-0.39, 0.29) is 22.1 Å². The van der Waals surface area contributed by atoms with Gasteiger partial charge in [-0.3, -0.25) is 10.1 Å². The summed E-state index contributed by atoms with van der Waals surface area (Å²) in [7, 11) is 1.86. The molecule has 7 nitrogen and oxygen atoms in total. The van der Waals surface area contributed by atoms with Crippen molar-refractivity contribution in [1.29, 1.82) is 0 Å². The van der Waals surface area contributed by atoms with Crippen molar-refractivity contribution >= 4 is 5.69 Å². The first-order valence-corrected chi connectivity index (χ1v) is 7.51. The molecule has 0 bridgehead atoms. The van der Waals surface area contributed by atoms with Crippen LogP contribution >= 0.6 is 0 Å². The molecule has 0 fully saturated rings. The standard InChI is InChI=1S/C16H22N4O3/c1-10(17-5)8-14-18-15(23-19-14)11-6-7-12(16(2,3)4)13(9-11)20(21)22/h6-7,9-10,17H,8H2,1-5H3. The number of nitrogens with zero attached hydrogens (tertiary/aromatic N) is 3. The van der Waals surface area contributed by atoms with Gasteiger partial charge in [0.1, 0.15) is 0 Å². The van der Waals surface area contributed by atoms with Crippen LogP contribution in [0.5, 0.6) is 0 Å². The number of likely N-dealkylation sites (N-methyl/N-ethyl adjacent to an activating group) is 1. The van der Waals surface area contributed by atoms with Crippen LogP contribution in [0, 0.1) is 10.1 Å². The first-order chi connectivity index (χ1) is 10.7. The van der Waals surface area contributed by atoms with E-state index in [9.17, 15) is 10.1 Å². The molecule has 0 spiro atoms. The fraction of sp³-hybridized carbons (Fsp3) is 0.500. The molecular formula is C16H22N4O3. The Balaban J connectivity index is 2.38. The summed E-state index contributed by atoms with van der Waals surface area (Å²) in [4.78, 5) is 15.3. The second-order valence-corrected chi connectivity index (χ2v) is 6.65. The summed E-state index contributed by atoms with van der Waals surface area (Å²) in [5, 5.41) is 18.4. The van der Waals surface area contributed by atoms with Gasteiger partial charge in [-0.1, -0.05) is 32.0 Å². The van der Waals surface area contributed by atoms with Crippen molar-refractivity contribution in [3.63, 3.8) is 0 Å². The molecule has 2 rings (SSSR count). The smallest absolute Gasteiger partial charge is 0.273 e. The van der Waals surface area contributed by atoms with E-state index in [1.807, 2.05) is 34.7 Å². The largest absolute Gasteiger partial charge is 0.334 e. The predicted molar refractivity (Wildman–Crippen MR) is 87.3 cm³/mol. The lowest BCUT2D eigenvalue weighted by molar-refractivity contribution is -0.385. The molecule has 1 N–H and O–H groups in total. The predicted octanol–water partition coefficient (Wildman–Crippen LogP) is 3.09. The van der Waals surface area contributed by atoms with Crippen molar-refractivity contribution in [2.24, 2.45) is 0 Å². The number of nitrogens with one attached hydrogen (secondary N) is 1. The highest BCUT2D eigenvalue weighted by atomic mass is 16.6. The van der Waals surface area contributed by atoms with Crippen LogP contribution in [0.2, 0.25) is 0 Å². The molecule has 2 aromatic rings. The van der Waals surface area contributed by atoms with Crippen LogP contribution in [0.4, 0.5) is 5.69 Å². The second-order valence-electron chi connectivity index (χ2n) is 6.65. The molecule has 1 aromatic carbocycles. The highest BCUT2D eigenvalue weighted by molar-refractivity contribution is 5.61. The molecule has 23 heavy (non-hydrogen) atoms. The summed E-state index contributed by atoms with van der Waals surface area (Å²) in [6.07, 6.45) is 0.627. The van der Waals surface area contributed by atoms with E-state index in [4.69, 9.17) is 4.52 Å². The molecule has 124 valence electrons. The Labute approximate surface area is 135 Å². The third kappa shape index (κ3) is 3.92. The van der Waals surface area contributed by atoms with Crippen molar-refractivity contribution in [2.45, 2.75) is 45.6 Å². The number of aromatic nitrogens is 2. The Hall–Kier alpha value is -2.28. The van der Waals surface area contributed by atoms with Crippen LogP contribution in [0.25, 0.3) is 11.5 Å². The molecule has 0 aliphatic carbocycles. The molecular weight excluding hydrogens is 296 g/mol. The average molecular weight is 318 g/mol. The number of rotatable bonds is 5. The Morgan fingerprint density at radius 1 is 1.39 bits per heavy atom. The molecule has 1 atom stereocenters. The molecule has 0 amide bonds. The van der Waals surface area contributed by atoms with E-state index in [1.165, 1.54) is 6.07 Å². The quantitative estimate of drug-likeness (QED) is 0.672. The van der Waals surface area contributed by atoms with E-state index < -0.39 is 0 Å². The highest BCUT2D eigenvalue weighted by Crippen LogP contribution is 2.34. The maximum Gasteiger partial charge on any atom is 0.273 e. The van der Waals surface area contributed by atoms with E-state index in [1.54, 1.807) is 12.1 Å². The summed E-state index contributed by atoms with van der Waals surface area (Å²) >= 11 is 0. The molecule has 0 saturated carbocycles. The number of nitro benzene ring substituents is 1. The van der Waals surface area contributed by atoms with Gasteiger partial charge in [0.2, 0.25) is 0 Å². The molecule has 0 radical (unpaired) electrons. The van der Waals surface area contributed by atoms with Crippen LogP contribution in [0.1, 0.15) is 39.1 Å². The van der Waals surface area contributed by atoms with Gasteiger partial charge in [-0.2, -0.15) is 4.98 Å². The van der Waals surface area contributed by atoms with E-state index in [2.05, 4.69) is 15.5 Å². The van der Waals surface area contributed by atoms with Gasteiger partial charge in [-0.05, 0) is 25.5 Å². The third-order valence-corrected chi connectivity index (χ3v) is 3.70. The Morgan fingerprint density at radius 2 is 2.09 bits per heavy atom. The lowest BCUT2D eigenvalue weighted by Crippen LogP contribution is -2.24. The van der Waals surface area contributed by atoms with Gasteiger partial charge in [0.15, 0.2) is 5.82 Å². The summed E-state index contributed by atoms with van der Waals surface area (Å²) in [6, 6.07) is 5.26. The minimum Gasteiger partial charge on any atom is -0.334 e. The van der Waals surface area contributed by atoms with Crippen molar-refractivity contribution in [1.82, 2.24) is 15.5 Å². The Morgan fingerprint density at radius 3 is 2.65 bits per heavy atom. The lowest BCUT2D eigenvalue weighted by Gasteiger charge is -2.18. The molecule has 0 saturated heterocycles. The first kappa shape index (κ1) is 17.1. The Bertz CT molecular complexity index is 704. The number of hydrogen-bond acceptors (Lipinski definition) is 6. The van der Waals surface area contributed by atoms with Gasteiger partial charge in [-0.15, -0.1) is 0 Å². The molecule has 1 aromatic heterocycles. The Kier molecular flexibility index (Phi) is 4.79. The summed E-state index contributed by atoms with van der Waals surface area (Å²) < 4.78 is 5.24. The van der Waals surface area contributed by atoms with E-state index in [0.29, 0.717) is 29.3 Å². The van der Waals surface area contributed by atoms with Gasteiger partial charge < -0.3 is 9.84 Å². The number of benzene rings is 1. The van der Waals surface area contributed by atoms with Gasteiger partial charge >= 0.3 is 0 Å². The zero-order chi connectivity index (χ0) is 17.2. The second kappa shape index (κ2) is 6.45. The third-order valence-electron chi connectivity index (χ3n) is 3.70. The van der Waals surface area contributed by atoms with Crippen LogP contribution < -0.4 is 5.32 Å². The normalized spacial score (nSPS) is 13.1. The monoisotopic (exact) mass is 318 g/mol. The van der Waals surface area contributed by atoms with Gasteiger partial charge in [0.25, 0.3) is 11.6 Å². The van der Waals surface area contributed by atoms with Crippen LogP contribution in [0.15, 0.2) is 22.7 Å². The molecule has 1 unspecified atom stereocenters. The zero-order valence-corrected chi connectivity index (χ0v) is 14.1. The molecule has 7 heteroatoms. The maximum atomic E-state index is 11.4. The molecule has 0 aliphatic rings. The van der Waals surface area contributed by atoms with Crippen molar-refractivity contribution in [3.05, 3.63) is 39.7 Å². The summed E-state index contributed by atoms with van der Waals surface area (Å²) in [5.74, 6) is 0.872. The fourth-order valence-electron chi connectivity index (χ4n) is 2.28. The minimum absolute atomic E-state index is 0.0679. The topological polar surface area (TPSA) is 94.1 Å². The average Bonchev–Trinajstić information content (AvgIpc) is 2.94. The minimum atomic E-state index is -0.371. The van der Waals surface area contributed by atoms with E-state index in [0.717, 1.165) is 0 Å². The number of hydrogen-bond donors (Lipinski definition) is 1. The highest BCUT2D eigenvalue weighted by Gasteiger charge is 2.26. The summed E-state index contributed by atoms with van der Waals surface area (Å²) in [5.41, 5.74) is 0.983. The zero-order valence-electron chi connectivity index (χ0n) is 14.1. The number of nitro groups is 1. The maximum absolute atomic E-state index is 11.4. The van der Waals surface area contributed by atoms with Crippen molar-refractivity contribution < 1.29 is 9.45 Å². The van der Waals surface area contributed by atoms with Crippen LogP contribution in [-0.4, -0.2) is 28.2 Å². The molecule has 0 aliphatic heterocycles. The summed E-state index contributed by atoms with van der Waals surface area (Å²) in [6.45, 7) is 7.84. The fourth-order valence-corrected chi connectivity index (χ4v) is 2.28. The van der Waals surface area contributed by atoms with Crippen molar-refractivity contribution in [2.75, 3.05) is 7.05 Å².